The summed E-state index contributed by atoms with van der Waals surface area (Å²) in [4.78, 5) is 15.1. The van der Waals surface area contributed by atoms with Crippen molar-refractivity contribution in [2.75, 3.05) is 26.2 Å². The third-order valence-electron chi connectivity index (χ3n) is 4.92. The van der Waals surface area contributed by atoms with Crippen molar-refractivity contribution in [1.82, 2.24) is 14.9 Å². The Kier molecular flexibility index (Phi) is 6.88. The fourth-order valence-electron chi connectivity index (χ4n) is 3.47. The molecule has 0 radical (unpaired) electrons. The Morgan fingerprint density at radius 1 is 1.14 bits per heavy atom. The highest BCUT2D eigenvalue weighted by Crippen LogP contribution is 2.24. The number of piperidine rings is 1. The molecule has 1 amide bonds. The van der Waals surface area contributed by atoms with Crippen molar-refractivity contribution in [1.29, 1.82) is 0 Å². The summed E-state index contributed by atoms with van der Waals surface area (Å²) in [6, 6.07) is 9.74. The van der Waals surface area contributed by atoms with Gasteiger partial charge in [0.1, 0.15) is 5.76 Å². The predicted octanol–water partition coefficient (Wildman–Crippen LogP) is 2.53. The van der Waals surface area contributed by atoms with Gasteiger partial charge in [0.25, 0.3) is 5.91 Å². The lowest BCUT2D eigenvalue weighted by molar-refractivity contribution is 0.0914. The van der Waals surface area contributed by atoms with Gasteiger partial charge >= 0.3 is 0 Å². The van der Waals surface area contributed by atoms with Crippen molar-refractivity contribution in [2.24, 2.45) is 0 Å². The highest BCUT2D eigenvalue weighted by molar-refractivity contribution is 7.89. The number of nitrogens with zero attached hydrogens (tertiary/aromatic N) is 1. The largest absolute Gasteiger partial charge is 0.468 e. The Morgan fingerprint density at radius 2 is 1.86 bits per heavy atom. The first-order valence-corrected chi connectivity index (χ1v) is 11.1. The van der Waals surface area contributed by atoms with Crippen LogP contribution in [0.2, 0.25) is 0 Å². The minimum Gasteiger partial charge on any atom is -0.468 e. The molecule has 1 fully saturated rings. The van der Waals surface area contributed by atoms with Crippen molar-refractivity contribution in [3.8, 4) is 0 Å². The van der Waals surface area contributed by atoms with E-state index in [1.807, 2.05) is 12.1 Å². The van der Waals surface area contributed by atoms with E-state index in [1.54, 1.807) is 13.2 Å². The van der Waals surface area contributed by atoms with E-state index in [1.165, 1.54) is 30.7 Å². The number of carbonyl (C=O) groups excluding carboxylic acids is 1. The summed E-state index contributed by atoms with van der Waals surface area (Å²) in [7, 11) is -3.52. The van der Waals surface area contributed by atoms with Gasteiger partial charge in [-0.1, -0.05) is 13.3 Å². The second kappa shape index (κ2) is 9.36. The molecule has 1 saturated heterocycles. The molecule has 152 valence electrons. The SMILES string of the molecule is CCNS(=O)(=O)c1ccc(C(=O)NCC(c2ccco2)N2CCCCC2)cc1. The highest BCUT2D eigenvalue weighted by atomic mass is 32.2. The van der Waals surface area contributed by atoms with Crippen LogP contribution >= 0.6 is 0 Å². The van der Waals surface area contributed by atoms with Gasteiger partial charge in [0, 0.05) is 18.7 Å². The van der Waals surface area contributed by atoms with Gasteiger partial charge in [-0.05, 0) is 62.3 Å². The molecule has 0 spiro atoms. The Labute approximate surface area is 166 Å². The van der Waals surface area contributed by atoms with Crippen LogP contribution in [0, 0.1) is 0 Å². The van der Waals surface area contributed by atoms with E-state index in [9.17, 15) is 13.2 Å². The molecule has 1 aliphatic heterocycles. The van der Waals surface area contributed by atoms with Gasteiger partial charge in [0.15, 0.2) is 0 Å². The van der Waals surface area contributed by atoms with E-state index < -0.39 is 10.0 Å². The van der Waals surface area contributed by atoms with Gasteiger partial charge in [-0.2, -0.15) is 0 Å². The molecule has 1 atom stereocenters. The van der Waals surface area contributed by atoms with Crippen LogP contribution in [0.4, 0.5) is 0 Å². The van der Waals surface area contributed by atoms with Gasteiger partial charge in [0.2, 0.25) is 10.0 Å². The van der Waals surface area contributed by atoms with Gasteiger partial charge < -0.3 is 9.73 Å². The van der Waals surface area contributed by atoms with Crippen LogP contribution in [0.3, 0.4) is 0 Å². The fourth-order valence-corrected chi connectivity index (χ4v) is 4.51. The maximum atomic E-state index is 12.6. The number of hydrogen-bond acceptors (Lipinski definition) is 5. The monoisotopic (exact) mass is 405 g/mol. The number of carbonyl (C=O) groups is 1. The summed E-state index contributed by atoms with van der Waals surface area (Å²) in [5, 5.41) is 2.96. The molecule has 1 unspecified atom stereocenters. The van der Waals surface area contributed by atoms with Crippen molar-refractivity contribution < 1.29 is 17.6 Å². The number of benzene rings is 1. The van der Waals surface area contributed by atoms with Gasteiger partial charge in [0.05, 0.1) is 17.2 Å². The van der Waals surface area contributed by atoms with E-state index in [4.69, 9.17) is 4.42 Å². The third kappa shape index (κ3) is 5.01. The van der Waals surface area contributed by atoms with Gasteiger partial charge in [-0.15, -0.1) is 0 Å². The first kappa shape index (κ1) is 20.6. The minimum absolute atomic E-state index is 0.00680. The first-order chi connectivity index (χ1) is 13.5. The molecular weight excluding hydrogens is 378 g/mol. The van der Waals surface area contributed by atoms with E-state index in [2.05, 4.69) is 14.9 Å². The molecule has 1 aromatic carbocycles. The van der Waals surface area contributed by atoms with E-state index in [0.717, 1.165) is 31.7 Å². The van der Waals surface area contributed by atoms with Crippen molar-refractivity contribution in [3.63, 3.8) is 0 Å². The standard InChI is InChI=1S/C20H27N3O4S/c1-2-22-28(25,26)17-10-8-16(9-11-17)20(24)21-15-18(19-7-6-14-27-19)23-12-4-3-5-13-23/h6-11,14,18,22H,2-5,12-13,15H2,1H3,(H,21,24). The average molecular weight is 406 g/mol. The van der Waals surface area contributed by atoms with Crippen molar-refractivity contribution >= 4 is 15.9 Å². The maximum Gasteiger partial charge on any atom is 0.251 e. The molecule has 28 heavy (non-hydrogen) atoms. The zero-order valence-corrected chi connectivity index (χ0v) is 16.9. The summed E-state index contributed by atoms with van der Waals surface area (Å²) >= 11 is 0. The maximum absolute atomic E-state index is 12.6. The lowest BCUT2D eigenvalue weighted by Crippen LogP contribution is -2.40. The van der Waals surface area contributed by atoms with Crippen LogP contribution in [0.5, 0.6) is 0 Å². The van der Waals surface area contributed by atoms with Gasteiger partial charge in [-0.25, -0.2) is 13.1 Å². The normalized spacial score (nSPS) is 16.6. The number of furan rings is 1. The Morgan fingerprint density at radius 3 is 2.46 bits per heavy atom. The molecule has 1 aromatic heterocycles. The smallest absolute Gasteiger partial charge is 0.251 e. The van der Waals surface area contributed by atoms with Crippen LogP contribution in [-0.4, -0.2) is 45.4 Å². The fraction of sp³-hybridized carbons (Fsp3) is 0.450. The molecule has 2 N–H and O–H groups in total. The lowest BCUT2D eigenvalue weighted by atomic mass is 10.1. The topological polar surface area (TPSA) is 91.6 Å². The van der Waals surface area contributed by atoms with Crippen LogP contribution in [-0.2, 0) is 10.0 Å². The van der Waals surface area contributed by atoms with Crippen LogP contribution in [0.1, 0.15) is 48.3 Å². The summed E-state index contributed by atoms with van der Waals surface area (Å²) in [5.74, 6) is 0.607. The second-order valence-electron chi connectivity index (χ2n) is 6.86. The third-order valence-corrected chi connectivity index (χ3v) is 6.48. The molecule has 1 aliphatic rings. The molecule has 2 heterocycles. The Balaban J connectivity index is 1.66. The number of sulfonamides is 1. The minimum atomic E-state index is -3.52. The highest BCUT2D eigenvalue weighted by Gasteiger charge is 2.25. The molecule has 0 saturated carbocycles. The lowest BCUT2D eigenvalue weighted by Gasteiger charge is -2.33. The molecular formula is C20H27N3O4S. The number of amides is 1. The number of hydrogen-bond donors (Lipinski definition) is 2. The zero-order chi connectivity index (χ0) is 20.0. The van der Waals surface area contributed by atoms with Crippen LogP contribution in [0.15, 0.2) is 52.0 Å². The number of nitrogens with one attached hydrogen (secondary N) is 2. The first-order valence-electron chi connectivity index (χ1n) is 9.66. The number of rotatable bonds is 8. The Bertz CT molecular complexity index is 857. The van der Waals surface area contributed by atoms with E-state index >= 15 is 0 Å². The Hall–Kier alpha value is -2.16. The molecule has 7 nitrogen and oxygen atoms in total. The molecule has 2 aromatic rings. The zero-order valence-electron chi connectivity index (χ0n) is 16.1. The molecule has 0 bridgehead atoms. The van der Waals surface area contributed by atoms with E-state index in [-0.39, 0.29) is 16.8 Å². The molecule has 8 heteroatoms. The molecule has 3 rings (SSSR count). The van der Waals surface area contributed by atoms with Crippen molar-refractivity contribution in [2.45, 2.75) is 37.1 Å². The quantitative estimate of drug-likeness (QED) is 0.704. The summed E-state index contributed by atoms with van der Waals surface area (Å²) in [6.45, 7) is 4.44. The summed E-state index contributed by atoms with van der Waals surface area (Å²) in [5.41, 5.74) is 0.423. The van der Waals surface area contributed by atoms with E-state index in [0.29, 0.717) is 18.7 Å². The predicted molar refractivity (Wildman–Crippen MR) is 107 cm³/mol. The summed E-state index contributed by atoms with van der Waals surface area (Å²) < 4.78 is 32.0. The summed E-state index contributed by atoms with van der Waals surface area (Å²) in [6.07, 6.45) is 5.17. The van der Waals surface area contributed by atoms with Gasteiger partial charge in [-0.3, -0.25) is 9.69 Å². The molecule has 0 aliphatic carbocycles. The van der Waals surface area contributed by atoms with Crippen LogP contribution < -0.4 is 10.0 Å². The van der Waals surface area contributed by atoms with Crippen LogP contribution in [0.25, 0.3) is 0 Å². The number of likely N-dealkylation sites (tertiary alicyclic amines) is 1. The van der Waals surface area contributed by atoms with Crippen molar-refractivity contribution in [3.05, 3.63) is 54.0 Å². The average Bonchev–Trinajstić information content (AvgIpc) is 3.23. The second-order valence-corrected chi connectivity index (χ2v) is 8.63.